The number of carbonyl (C=O) groups is 2. The zero-order valence-corrected chi connectivity index (χ0v) is 18.7. The molecule has 7 nitrogen and oxygen atoms in total. The SMILES string of the molecule is O=C(OCC(=O)N(C1CCCCC1)[C@@H]1CCS(=O)(=O)C1)c1ncc(Cl)c(Cl)c1Cl. The highest BCUT2D eigenvalue weighted by molar-refractivity contribution is 7.91. The molecular weight excluding hydrogens is 463 g/mol. The highest BCUT2D eigenvalue weighted by atomic mass is 35.5. The molecule has 2 heterocycles. The molecule has 0 unspecified atom stereocenters. The molecule has 29 heavy (non-hydrogen) atoms. The second-order valence-corrected chi connectivity index (χ2v) is 10.7. The van der Waals surface area contributed by atoms with E-state index in [1.165, 1.54) is 6.20 Å². The van der Waals surface area contributed by atoms with Crippen LogP contribution in [-0.2, 0) is 19.4 Å². The van der Waals surface area contributed by atoms with Gasteiger partial charge >= 0.3 is 5.97 Å². The first-order chi connectivity index (χ1) is 13.7. The lowest BCUT2D eigenvalue weighted by atomic mass is 9.93. The van der Waals surface area contributed by atoms with Crippen molar-refractivity contribution in [2.75, 3.05) is 18.1 Å². The molecule has 1 saturated heterocycles. The molecule has 1 amide bonds. The Morgan fingerprint density at radius 2 is 1.76 bits per heavy atom. The predicted octanol–water partition coefficient (Wildman–Crippen LogP) is 3.55. The number of pyridine rings is 1. The van der Waals surface area contributed by atoms with Crippen LogP contribution in [0.5, 0.6) is 0 Å². The van der Waals surface area contributed by atoms with E-state index in [0.717, 1.165) is 32.1 Å². The molecule has 1 atom stereocenters. The molecule has 0 aromatic carbocycles. The standard InChI is InChI=1S/C18H21Cl3N2O5S/c19-13-8-22-17(16(21)15(13)20)18(25)28-9-14(24)23(11-4-2-1-3-5-11)12-6-7-29(26,27)10-12/h8,11-12H,1-7,9-10H2/t12-/m1/s1. The minimum atomic E-state index is -3.16. The maximum atomic E-state index is 12.9. The van der Waals surface area contributed by atoms with Crippen LogP contribution in [0.25, 0.3) is 0 Å². The van der Waals surface area contributed by atoms with Gasteiger partial charge in [-0.05, 0) is 19.3 Å². The number of nitrogens with zero attached hydrogens (tertiary/aromatic N) is 2. The molecule has 1 aliphatic carbocycles. The average Bonchev–Trinajstić information content (AvgIpc) is 3.04. The largest absolute Gasteiger partial charge is 0.451 e. The molecule has 3 rings (SSSR count). The van der Waals surface area contributed by atoms with Gasteiger partial charge in [-0.25, -0.2) is 18.2 Å². The van der Waals surface area contributed by atoms with E-state index in [4.69, 9.17) is 39.5 Å². The summed E-state index contributed by atoms with van der Waals surface area (Å²) in [7, 11) is -3.16. The third kappa shape index (κ3) is 5.34. The second kappa shape index (κ2) is 9.37. The van der Waals surface area contributed by atoms with Crippen LogP contribution in [0.2, 0.25) is 15.1 Å². The zero-order valence-electron chi connectivity index (χ0n) is 15.6. The summed E-state index contributed by atoms with van der Waals surface area (Å²) >= 11 is 17.7. The lowest BCUT2D eigenvalue weighted by Crippen LogP contribution is -2.50. The summed E-state index contributed by atoms with van der Waals surface area (Å²) < 4.78 is 29.0. The lowest BCUT2D eigenvalue weighted by Gasteiger charge is -2.38. The quantitative estimate of drug-likeness (QED) is 0.595. The topological polar surface area (TPSA) is 93.6 Å². The smallest absolute Gasteiger partial charge is 0.359 e. The van der Waals surface area contributed by atoms with Gasteiger partial charge in [-0.2, -0.15) is 0 Å². The fourth-order valence-electron chi connectivity index (χ4n) is 3.92. The molecule has 0 N–H and O–H groups in total. The number of hydrogen-bond donors (Lipinski definition) is 0. The van der Waals surface area contributed by atoms with E-state index in [1.807, 2.05) is 0 Å². The number of aromatic nitrogens is 1. The Kier molecular flexibility index (Phi) is 7.30. The Morgan fingerprint density at radius 1 is 1.07 bits per heavy atom. The maximum Gasteiger partial charge on any atom is 0.359 e. The van der Waals surface area contributed by atoms with E-state index in [0.29, 0.717) is 6.42 Å². The van der Waals surface area contributed by atoms with Crippen molar-refractivity contribution in [3.63, 3.8) is 0 Å². The van der Waals surface area contributed by atoms with Crippen LogP contribution in [0.4, 0.5) is 0 Å². The van der Waals surface area contributed by atoms with Gasteiger partial charge in [-0.3, -0.25) is 4.79 Å². The number of rotatable bonds is 5. The van der Waals surface area contributed by atoms with Crippen LogP contribution >= 0.6 is 34.8 Å². The van der Waals surface area contributed by atoms with Crippen LogP contribution in [0.3, 0.4) is 0 Å². The Labute approximate surface area is 184 Å². The van der Waals surface area contributed by atoms with Gasteiger partial charge < -0.3 is 9.64 Å². The number of esters is 1. The predicted molar refractivity (Wildman–Crippen MR) is 110 cm³/mol. The number of hydrogen-bond acceptors (Lipinski definition) is 6. The first-order valence-corrected chi connectivity index (χ1v) is 12.3. The van der Waals surface area contributed by atoms with Gasteiger partial charge in [0.25, 0.3) is 5.91 Å². The Balaban J connectivity index is 1.71. The summed E-state index contributed by atoms with van der Waals surface area (Å²) in [6, 6.07) is -0.430. The molecule has 160 valence electrons. The third-order valence-corrected chi connectivity index (χ3v) is 8.29. The fourth-order valence-corrected chi connectivity index (χ4v) is 6.18. The van der Waals surface area contributed by atoms with Gasteiger partial charge in [0, 0.05) is 18.3 Å². The number of halogens is 3. The number of amides is 1. The molecule has 1 aromatic heterocycles. The third-order valence-electron chi connectivity index (χ3n) is 5.30. The van der Waals surface area contributed by atoms with E-state index < -0.39 is 28.3 Å². The highest BCUT2D eigenvalue weighted by Crippen LogP contribution is 2.32. The van der Waals surface area contributed by atoms with Crippen LogP contribution in [0, 0.1) is 0 Å². The van der Waals surface area contributed by atoms with E-state index >= 15 is 0 Å². The van der Waals surface area contributed by atoms with Crippen molar-refractivity contribution in [3.05, 3.63) is 27.0 Å². The van der Waals surface area contributed by atoms with Crippen molar-refractivity contribution in [2.24, 2.45) is 0 Å². The van der Waals surface area contributed by atoms with Crippen molar-refractivity contribution in [1.82, 2.24) is 9.88 Å². The average molecular weight is 484 g/mol. The van der Waals surface area contributed by atoms with Crippen molar-refractivity contribution in [2.45, 2.75) is 50.6 Å². The Hall–Kier alpha value is -1.09. The molecule has 2 fully saturated rings. The first kappa shape index (κ1) is 22.6. The van der Waals surface area contributed by atoms with Crippen LogP contribution < -0.4 is 0 Å². The Morgan fingerprint density at radius 3 is 2.38 bits per heavy atom. The molecule has 1 aliphatic heterocycles. The summed E-state index contributed by atoms with van der Waals surface area (Å²) in [5.41, 5.74) is -0.235. The molecular formula is C18H21Cl3N2O5S. The summed E-state index contributed by atoms with van der Waals surface area (Å²) in [5, 5.41) is -0.0838. The first-order valence-electron chi connectivity index (χ1n) is 9.38. The number of carbonyl (C=O) groups excluding carboxylic acids is 2. The van der Waals surface area contributed by atoms with E-state index in [2.05, 4.69) is 4.98 Å². The molecule has 11 heteroatoms. The van der Waals surface area contributed by atoms with Gasteiger partial charge in [0.15, 0.2) is 22.1 Å². The number of sulfone groups is 1. The van der Waals surface area contributed by atoms with Gasteiger partial charge in [0.2, 0.25) is 0 Å². The monoisotopic (exact) mass is 482 g/mol. The van der Waals surface area contributed by atoms with Crippen molar-refractivity contribution >= 4 is 56.5 Å². The normalized spacial score (nSPS) is 21.7. The maximum absolute atomic E-state index is 12.9. The molecule has 1 saturated carbocycles. The molecule has 0 radical (unpaired) electrons. The molecule has 1 aromatic rings. The van der Waals surface area contributed by atoms with Crippen molar-refractivity contribution in [1.29, 1.82) is 0 Å². The van der Waals surface area contributed by atoms with Crippen LogP contribution in [-0.4, -0.2) is 60.4 Å². The fraction of sp³-hybridized carbons (Fsp3) is 0.611. The summed E-state index contributed by atoms with van der Waals surface area (Å²) in [6.07, 6.45) is 6.27. The summed E-state index contributed by atoms with van der Waals surface area (Å²) in [4.78, 5) is 30.7. The number of ether oxygens (including phenoxy) is 1. The van der Waals surface area contributed by atoms with Gasteiger partial charge in [-0.15, -0.1) is 0 Å². The minimum absolute atomic E-state index is 0.0263. The minimum Gasteiger partial charge on any atom is -0.451 e. The summed E-state index contributed by atoms with van der Waals surface area (Å²) in [6.45, 7) is -0.524. The van der Waals surface area contributed by atoms with E-state index in [1.54, 1.807) is 4.90 Å². The second-order valence-electron chi connectivity index (χ2n) is 7.31. The lowest BCUT2D eigenvalue weighted by molar-refractivity contribution is -0.140. The molecule has 2 aliphatic rings. The highest BCUT2D eigenvalue weighted by Gasteiger charge is 2.38. The molecule has 0 spiro atoms. The van der Waals surface area contributed by atoms with Crippen LogP contribution in [0.15, 0.2) is 6.20 Å². The van der Waals surface area contributed by atoms with E-state index in [-0.39, 0.29) is 44.4 Å². The van der Waals surface area contributed by atoms with Gasteiger partial charge in [0.1, 0.15) is 0 Å². The van der Waals surface area contributed by atoms with Gasteiger partial charge in [-0.1, -0.05) is 54.1 Å². The summed E-state index contributed by atoms with van der Waals surface area (Å²) in [5.74, 6) is -1.30. The van der Waals surface area contributed by atoms with Crippen LogP contribution in [0.1, 0.15) is 49.0 Å². The van der Waals surface area contributed by atoms with Crippen molar-refractivity contribution < 1.29 is 22.7 Å². The zero-order chi connectivity index (χ0) is 21.2. The molecule has 0 bridgehead atoms. The van der Waals surface area contributed by atoms with Crippen molar-refractivity contribution in [3.8, 4) is 0 Å². The van der Waals surface area contributed by atoms with E-state index in [9.17, 15) is 18.0 Å². The van der Waals surface area contributed by atoms with Gasteiger partial charge in [0.05, 0.1) is 26.6 Å². The Bertz CT molecular complexity index is 903.